The molecule has 0 fully saturated rings. The lowest BCUT2D eigenvalue weighted by atomic mass is 10.1. The Hall–Kier alpha value is -2.90. The second kappa shape index (κ2) is 13.6. The van der Waals surface area contributed by atoms with Crippen LogP contribution in [0.25, 0.3) is 5.82 Å². The number of nitrogens with two attached hydrogens (primary N) is 1. The minimum Gasteiger partial charge on any atom is -0.353 e. The van der Waals surface area contributed by atoms with E-state index in [1.807, 2.05) is 52.2 Å². The van der Waals surface area contributed by atoms with E-state index in [0.29, 0.717) is 6.04 Å². The third-order valence-electron chi connectivity index (χ3n) is 5.27. The summed E-state index contributed by atoms with van der Waals surface area (Å²) in [7, 11) is 2.00. The molecule has 1 unspecified atom stereocenters. The van der Waals surface area contributed by atoms with Crippen molar-refractivity contribution in [3.8, 4) is 5.82 Å². The van der Waals surface area contributed by atoms with Crippen molar-refractivity contribution < 1.29 is 0 Å². The number of likely N-dealkylation sites (N-methyl/N-ethyl adjacent to an activating group) is 1. The van der Waals surface area contributed by atoms with Gasteiger partial charge < -0.3 is 10.6 Å². The number of hydrogen-bond acceptors (Lipinski definition) is 6. The van der Waals surface area contributed by atoms with Crippen molar-refractivity contribution in [2.45, 2.75) is 39.7 Å². The van der Waals surface area contributed by atoms with Crippen molar-refractivity contribution in [3.63, 3.8) is 0 Å². The lowest BCUT2D eigenvalue weighted by Gasteiger charge is -2.21. The quantitative estimate of drug-likeness (QED) is 0.456. The summed E-state index contributed by atoms with van der Waals surface area (Å²) in [6.07, 6.45) is 10.1. The van der Waals surface area contributed by atoms with Gasteiger partial charge in [0, 0.05) is 32.0 Å². The number of aromatic nitrogens is 3. The number of rotatable bonds is 6. The Morgan fingerprint density at radius 2 is 2.03 bits per heavy atom. The van der Waals surface area contributed by atoms with Gasteiger partial charge in [0.15, 0.2) is 11.6 Å². The van der Waals surface area contributed by atoms with E-state index in [1.165, 1.54) is 16.0 Å². The number of benzene rings is 1. The Kier molecular flexibility index (Phi) is 10.9. The second-order valence-electron chi connectivity index (χ2n) is 7.28. The molecule has 0 saturated heterocycles. The van der Waals surface area contributed by atoms with Gasteiger partial charge >= 0.3 is 0 Å². The fourth-order valence-electron chi connectivity index (χ4n) is 3.54. The molecule has 2 N–H and O–H groups in total. The summed E-state index contributed by atoms with van der Waals surface area (Å²) in [4.78, 5) is 12.1. The smallest absolute Gasteiger partial charge is 0.157 e. The molecule has 1 aromatic carbocycles. The molecule has 7 heteroatoms. The zero-order chi connectivity index (χ0) is 24.2. The lowest BCUT2D eigenvalue weighted by molar-refractivity contribution is 0.713. The first kappa shape index (κ1) is 26.4. The van der Waals surface area contributed by atoms with Gasteiger partial charge in [-0.3, -0.25) is 4.99 Å². The van der Waals surface area contributed by atoms with Crippen LogP contribution in [0, 0.1) is 0 Å². The molecular weight excluding hydrogens is 428 g/mol. The average Bonchev–Trinajstić information content (AvgIpc) is 3.54. The van der Waals surface area contributed by atoms with Gasteiger partial charge in [-0.25, -0.2) is 9.67 Å². The van der Waals surface area contributed by atoms with E-state index in [-0.39, 0.29) is 0 Å². The maximum Gasteiger partial charge on any atom is 0.157 e. The largest absolute Gasteiger partial charge is 0.353 e. The van der Waals surface area contributed by atoms with Gasteiger partial charge in [-0.1, -0.05) is 44.2 Å². The highest BCUT2D eigenvalue weighted by Gasteiger charge is 2.17. The molecule has 176 valence electrons. The van der Waals surface area contributed by atoms with E-state index in [9.17, 15) is 0 Å². The van der Waals surface area contributed by atoms with Crippen LogP contribution in [0.1, 0.15) is 44.4 Å². The van der Waals surface area contributed by atoms with Crippen molar-refractivity contribution >= 4 is 30.0 Å². The molecule has 6 nitrogen and oxygen atoms in total. The van der Waals surface area contributed by atoms with Gasteiger partial charge in [0.05, 0.1) is 0 Å². The minimum absolute atomic E-state index is 0.302. The molecule has 33 heavy (non-hydrogen) atoms. The van der Waals surface area contributed by atoms with Crippen molar-refractivity contribution in [1.82, 2.24) is 14.8 Å². The molecule has 1 aliphatic carbocycles. The molecule has 1 atom stereocenters. The van der Waals surface area contributed by atoms with Crippen LogP contribution in [-0.4, -0.2) is 41.3 Å². The highest BCUT2D eigenvalue weighted by molar-refractivity contribution is 8.02. The first-order valence-electron chi connectivity index (χ1n) is 11.3. The number of thioether (sulfide) groups is 1. The minimum atomic E-state index is 0.302. The first-order valence-corrected chi connectivity index (χ1v) is 12.5. The Balaban J connectivity index is 0.000000266. The van der Waals surface area contributed by atoms with Crippen LogP contribution in [0.4, 0.5) is 11.5 Å². The molecule has 2 aromatic heterocycles. The van der Waals surface area contributed by atoms with E-state index in [4.69, 9.17) is 5.73 Å². The topological polar surface area (TPSA) is 72.3 Å². The first-order chi connectivity index (χ1) is 16.1. The molecule has 0 bridgehead atoms. The molecule has 0 amide bonds. The highest BCUT2D eigenvalue weighted by atomic mass is 32.2. The number of aryl methyl sites for hydroxylation is 1. The monoisotopic (exact) mass is 464 g/mol. The number of pyridine rings is 1. The van der Waals surface area contributed by atoms with Crippen LogP contribution in [0.5, 0.6) is 0 Å². The van der Waals surface area contributed by atoms with Crippen molar-refractivity contribution in [2.24, 2.45) is 10.7 Å². The predicted octanol–water partition coefficient (Wildman–Crippen LogP) is 5.96. The average molecular weight is 465 g/mol. The summed E-state index contributed by atoms with van der Waals surface area (Å²) in [5.41, 5.74) is 9.40. The standard InChI is InChI=1S/C15H19N5S.C9H11N.C2H6/c1-5-12(21-4)11-19(3)15-13(16-2)7-8-14(18-15)20-10-6-9-17-20;10-9-6-5-7-3-1-2-4-8(7)9;1-2/h5-10H,2,11H2,1,3-4H3;1-4,9H,5-6,10H2;1-2H3/b12-5-;;. The van der Waals surface area contributed by atoms with Gasteiger partial charge in [-0.15, -0.1) is 11.8 Å². The van der Waals surface area contributed by atoms with Crippen LogP contribution in [-0.2, 0) is 6.42 Å². The van der Waals surface area contributed by atoms with Crippen LogP contribution in [0.15, 0.2) is 70.8 Å². The molecule has 0 spiro atoms. The number of anilines is 1. The van der Waals surface area contributed by atoms with Crippen LogP contribution >= 0.6 is 11.8 Å². The molecule has 0 saturated carbocycles. The summed E-state index contributed by atoms with van der Waals surface area (Å²) in [6, 6.07) is 14.4. The van der Waals surface area contributed by atoms with Crippen molar-refractivity contribution in [2.75, 3.05) is 24.7 Å². The molecule has 4 rings (SSSR count). The Bertz CT molecular complexity index is 1030. The normalized spacial score (nSPS) is 14.4. The van der Waals surface area contributed by atoms with Crippen LogP contribution < -0.4 is 10.6 Å². The van der Waals surface area contributed by atoms with Crippen molar-refractivity contribution in [3.05, 3.63) is 77.0 Å². The maximum absolute atomic E-state index is 5.85. The summed E-state index contributed by atoms with van der Waals surface area (Å²) in [6.45, 7) is 10.5. The molecule has 1 aliphatic rings. The van der Waals surface area contributed by atoms with E-state index >= 15 is 0 Å². The van der Waals surface area contributed by atoms with E-state index in [2.05, 4.69) is 63.3 Å². The van der Waals surface area contributed by atoms with Gasteiger partial charge in [-0.05, 0) is 67.0 Å². The lowest BCUT2D eigenvalue weighted by Crippen LogP contribution is -2.21. The third-order valence-corrected chi connectivity index (χ3v) is 6.16. The van der Waals surface area contributed by atoms with Gasteiger partial charge in [0.1, 0.15) is 5.69 Å². The van der Waals surface area contributed by atoms with Gasteiger partial charge in [0.25, 0.3) is 0 Å². The molecular formula is C26H36N6S. The van der Waals surface area contributed by atoms with Gasteiger partial charge in [-0.2, -0.15) is 5.10 Å². The fraction of sp³-hybridized carbons (Fsp3) is 0.346. The van der Waals surface area contributed by atoms with Crippen molar-refractivity contribution in [1.29, 1.82) is 0 Å². The third kappa shape index (κ3) is 7.04. The highest BCUT2D eigenvalue weighted by Crippen LogP contribution is 2.29. The summed E-state index contributed by atoms with van der Waals surface area (Å²) in [5, 5.41) is 4.21. The predicted molar refractivity (Wildman–Crippen MR) is 144 cm³/mol. The summed E-state index contributed by atoms with van der Waals surface area (Å²) >= 11 is 1.74. The fourth-order valence-corrected chi connectivity index (χ4v) is 4.10. The molecule has 3 aromatic rings. The molecule has 2 heterocycles. The Morgan fingerprint density at radius 1 is 1.27 bits per heavy atom. The van der Waals surface area contributed by atoms with E-state index < -0.39 is 0 Å². The number of nitrogens with zero attached hydrogens (tertiary/aromatic N) is 5. The summed E-state index contributed by atoms with van der Waals surface area (Å²) in [5.74, 6) is 1.56. The maximum atomic E-state index is 5.85. The van der Waals surface area contributed by atoms with Crippen LogP contribution in [0.2, 0.25) is 0 Å². The zero-order valence-electron chi connectivity index (χ0n) is 20.4. The van der Waals surface area contributed by atoms with E-state index in [0.717, 1.165) is 36.7 Å². The number of hydrogen-bond donors (Lipinski definition) is 1. The number of fused-ring (bicyclic) bond motifs is 1. The Labute approximate surface area is 202 Å². The summed E-state index contributed by atoms with van der Waals surface area (Å²) < 4.78 is 1.73. The van der Waals surface area contributed by atoms with Crippen LogP contribution in [0.3, 0.4) is 0 Å². The zero-order valence-corrected chi connectivity index (χ0v) is 21.2. The molecule has 0 radical (unpaired) electrons. The van der Waals surface area contributed by atoms with E-state index in [1.54, 1.807) is 22.6 Å². The SMILES string of the molecule is C=Nc1ccc(-n2cccn2)nc1N(C)C/C(=C/C)SC.CC.NC1CCc2ccccc21. The Morgan fingerprint density at radius 3 is 2.64 bits per heavy atom. The number of aliphatic imine (C=N–C) groups is 1. The number of allylic oxidation sites excluding steroid dienone is 1. The molecule has 0 aliphatic heterocycles. The second-order valence-corrected chi connectivity index (χ2v) is 8.21. The van der Waals surface area contributed by atoms with Gasteiger partial charge in [0.2, 0.25) is 0 Å².